The molecular formula is C17H26Cl2N2O2. The Hall–Kier alpha value is -0.970. The third-order valence-corrected chi connectivity index (χ3v) is 4.36. The number of aryl methyl sites for hydroxylation is 1. The molecule has 0 saturated carbocycles. The van der Waals surface area contributed by atoms with E-state index in [1.807, 2.05) is 25.1 Å². The van der Waals surface area contributed by atoms with Crippen LogP contribution in [0.25, 0.3) is 0 Å². The van der Waals surface area contributed by atoms with Crippen molar-refractivity contribution in [3.63, 3.8) is 0 Å². The third kappa shape index (κ3) is 6.98. The van der Waals surface area contributed by atoms with Gasteiger partial charge in [-0.1, -0.05) is 11.6 Å². The van der Waals surface area contributed by atoms with Gasteiger partial charge in [-0.15, -0.1) is 12.4 Å². The minimum absolute atomic E-state index is 0. The van der Waals surface area contributed by atoms with E-state index in [0.29, 0.717) is 31.5 Å². The molecule has 23 heavy (non-hydrogen) atoms. The molecule has 0 spiro atoms. The van der Waals surface area contributed by atoms with E-state index >= 15 is 0 Å². The van der Waals surface area contributed by atoms with Crippen LogP contribution in [0, 0.1) is 6.92 Å². The molecule has 130 valence electrons. The molecule has 6 heteroatoms. The number of nitrogens with one attached hydrogen (secondary N) is 2. The number of benzene rings is 1. The molecule has 2 rings (SSSR count). The predicted octanol–water partition coefficient (Wildman–Crippen LogP) is 3.49. The number of amides is 1. The summed E-state index contributed by atoms with van der Waals surface area (Å²) < 4.78 is 5.65. The predicted molar refractivity (Wildman–Crippen MR) is 96.8 cm³/mol. The minimum Gasteiger partial charge on any atom is -0.494 e. The summed E-state index contributed by atoms with van der Waals surface area (Å²) in [6.45, 7) is 5.62. The second-order valence-electron chi connectivity index (χ2n) is 6.01. The van der Waals surface area contributed by atoms with Gasteiger partial charge in [-0.05, 0) is 63.4 Å². The van der Waals surface area contributed by atoms with E-state index in [9.17, 15) is 4.79 Å². The molecule has 1 aliphatic heterocycles. The van der Waals surface area contributed by atoms with E-state index in [0.717, 1.165) is 35.7 Å². The molecule has 2 atom stereocenters. The average molecular weight is 361 g/mol. The lowest BCUT2D eigenvalue weighted by atomic mass is 10.0. The van der Waals surface area contributed by atoms with Crippen LogP contribution in [0.5, 0.6) is 5.75 Å². The molecule has 2 unspecified atom stereocenters. The summed E-state index contributed by atoms with van der Waals surface area (Å²) in [5.41, 5.74) is 0.997. The number of hydrogen-bond acceptors (Lipinski definition) is 3. The van der Waals surface area contributed by atoms with Crippen LogP contribution in [0.3, 0.4) is 0 Å². The molecule has 1 saturated heterocycles. The largest absolute Gasteiger partial charge is 0.494 e. The van der Waals surface area contributed by atoms with E-state index < -0.39 is 0 Å². The Morgan fingerprint density at radius 2 is 2.26 bits per heavy atom. The zero-order chi connectivity index (χ0) is 15.9. The highest BCUT2D eigenvalue weighted by molar-refractivity contribution is 6.31. The van der Waals surface area contributed by atoms with Gasteiger partial charge >= 0.3 is 0 Å². The molecule has 1 aliphatic rings. The van der Waals surface area contributed by atoms with Crippen LogP contribution in [-0.2, 0) is 4.79 Å². The second kappa shape index (κ2) is 10.0. The summed E-state index contributed by atoms with van der Waals surface area (Å²) in [4.78, 5) is 11.9. The molecule has 1 heterocycles. The van der Waals surface area contributed by atoms with Crippen molar-refractivity contribution in [2.75, 3.05) is 13.2 Å². The minimum atomic E-state index is 0. The molecule has 1 aromatic carbocycles. The first kappa shape index (κ1) is 20.1. The Balaban J connectivity index is 0.00000264. The van der Waals surface area contributed by atoms with Gasteiger partial charge in [-0.3, -0.25) is 4.79 Å². The lowest BCUT2D eigenvalue weighted by Crippen LogP contribution is -2.46. The van der Waals surface area contributed by atoms with Gasteiger partial charge in [0.1, 0.15) is 5.75 Å². The number of hydrogen-bond donors (Lipinski definition) is 2. The third-order valence-electron chi connectivity index (χ3n) is 3.94. The number of rotatable bonds is 6. The molecule has 0 aliphatic carbocycles. The summed E-state index contributed by atoms with van der Waals surface area (Å²) in [6.07, 6.45) is 3.24. The fourth-order valence-corrected chi connectivity index (χ4v) is 2.81. The monoisotopic (exact) mass is 360 g/mol. The van der Waals surface area contributed by atoms with Crippen molar-refractivity contribution in [3.05, 3.63) is 28.8 Å². The Morgan fingerprint density at radius 1 is 1.48 bits per heavy atom. The van der Waals surface area contributed by atoms with Gasteiger partial charge in [0, 0.05) is 23.5 Å². The molecular weight excluding hydrogens is 335 g/mol. The number of ether oxygens (including phenoxy) is 1. The van der Waals surface area contributed by atoms with Crippen molar-refractivity contribution in [1.82, 2.24) is 10.6 Å². The standard InChI is InChI=1S/C17H25ClN2O2.ClH/c1-12-10-15(5-6-16(12)18)22-9-3-4-17(21)20-14-7-8-19-13(2)11-14;/h5-6,10,13-14,19H,3-4,7-9,11H2,1-2H3,(H,20,21);1H. The van der Waals surface area contributed by atoms with E-state index in [1.54, 1.807) is 0 Å². The summed E-state index contributed by atoms with van der Waals surface area (Å²) in [5.74, 6) is 0.921. The maximum absolute atomic E-state index is 11.9. The molecule has 0 radical (unpaired) electrons. The maximum atomic E-state index is 11.9. The molecule has 0 aromatic heterocycles. The number of piperidine rings is 1. The first-order chi connectivity index (χ1) is 10.5. The first-order valence-corrected chi connectivity index (χ1v) is 8.34. The Kier molecular flexibility index (Phi) is 8.74. The van der Waals surface area contributed by atoms with Gasteiger partial charge in [0.15, 0.2) is 0 Å². The second-order valence-corrected chi connectivity index (χ2v) is 6.41. The Labute approximate surface area is 149 Å². The smallest absolute Gasteiger partial charge is 0.220 e. The van der Waals surface area contributed by atoms with Gasteiger partial charge in [-0.25, -0.2) is 0 Å². The summed E-state index contributed by atoms with van der Waals surface area (Å²) in [5, 5.41) is 7.23. The van der Waals surface area contributed by atoms with Crippen molar-refractivity contribution >= 4 is 29.9 Å². The van der Waals surface area contributed by atoms with Crippen LogP contribution in [0.1, 0.15) is 38.2 Å². The van der Waals surface area contributed by atoms with Crippen LogP contribution in [0.4, 0.5) is 0 Å². The average Bonchev–Trinajstić information content (AvgIpc) is 2.47. The van der Waals surface area contributed by atoms with Crippen molar-refractivity contribution in [3.8, 4) is 5.75 Å². The van der Waals surface area contributed by atoms with E-state index in [-0.39, 0.29) is 18.3 Å². The Bertz CT molecular complexity index is 511. The SMILES string of the molecule is Cc1cc(OCCCC(=O)NC2CCNC(C)C2)ccc1Cl.Cl. The topological polar surface area (TPSA) is 50.4 Å². The quantitative estimate of drug-likeness (QED) is 0.763. The fourth-order valence-electron chi connectivity index (χ4n) is 2.69. The molecule has 4 nitrogen and oxygen atoms in total. The molecule has 2 N–H and O–H groups in total. The van der Waals surface area contributed by atoms with Crippen LogP contribution >= 0.6 is 24.0 Å². The number of carbonyl (C=O) groups excluding carboxylic acids is 1. The van der Waals surface area contributed by atoms with Crippen molar-refractivity contribution in [2.45, 2.75) is 51.6 Å². The van der Waals surface area contributed by atoms with E-state index in [4.69, 9.17) is 16.3 Å². The fraction of sp³-hybridized carbons (Fsp3) is 0.588. The first-order valence-electron chi connectivity index (χ1n) is 7.96. The molecule has 1 aromatic rings. The molecule has 0 bridgehead atoms. The number of carbonyl (C=O) groups is 1. The number of halogens is 2. The lowest BCUT2D eigenvalue weighted by molar-refractivity contribution is -0.122. The summed E-state index contributed by atoms with van der Waals surface area (Å²) in [6, 6.07) is 6.39. The van der Waals surface area contributed by atoms with Gasteiger partial charge in [0.05, 0.1) is 6.61 Å². The van der Waals surface area contributed by atoms with Crippen LogP contribution < -0.4 is 15.4 Å². The van der Waals surface area contributed by atoms with Crippen molar-refractivity contribution in [1.29, 1.82) is 0 Å². The Morgan fingerprint density at radius 3 is 2.96 bits per heavy atom. The van der Waals surface area contributed by atoms with Gasteiger partial charge in [-0.2, -0.15) is 0 Å². The van der Waals surface area contributed by atoms with Gasteiger partial charge in [0.2, 0.25) is 5.91 Å². The molecule has 1 fully saturated rings. The van der Waals surface area contributed by atoms with Crippen LogP contribution in [0.2, 0.25) is 5.02 Å². The zero-order valence-electron chi connectivity index (χ0n) is 13.7. The normalized spacial score (nSPS) is 20.5. The summed E-state index contributed by atoms with van der Waals surface area (Å²) in [7, 11) is 0. The highest BCUT2D eigenvalue weighted by Gasteiger charge is 2.19. The van der Waals surface area contributed by atoms with Crippen molar-refractivity contribution in [2.24, 2.45) is 0 Å². The maximum Gasteiger partial charge on any atom is 0.220 e. The van der Waals surface area contributed by atoms with Crippen molar-refractivity contribution < 1.29 is 9.53 Å². The lowest BCUT2D eigenvalue weighted by Gasteiger charge is -2.28. The van der Waals surface area contributed by atoms with Crippen LogP contribution in [0.15, 0.2) is 18.2 Å². The van der Waals surface area contributed by atoms with Gasteiger partial charge < -0.3 is 15.4 Å². The van der Waals surface area contributed by atoms with E-state index in [1.165, 1.54) is 0 Å². The zero-order valence-corrected chi connectivity index (χ0v) is 15.3. The van der Waals surface area contributed by atoms with Crippen LogP contribution in [-0.4, -0.2) is 31.1 Å². The van der Waals surface area contributed by atoms with Gasteiger partial charge in [0.25, 0.3) is 0 Å². The highest BCUT2D eigenvalue weighted by atomic mass is 35.5. The summed E-state index contributed by atoms with van der Waals surface area (Å²) >= 11 is 5.97. The molecule has 1 amide bonds. The van der Waals surface area contributed by atoms with E-state index in [2.05, 4.69) is 17.6 Å². The highest BCUT2D eigenvalue weighted by Crippen LogP contribution is 2.21.